The molecular weight excluding hydrogens is 376 g/mol. The van der Waals surface area contributed by atoms with Crippen LogP contribution in [0.15, 0.2) is 41.1 Å². The van der Waals surface area contributed by atoms with E-state index in [0.29, 0.717) is 45.0 Å². The zero-order valence-corrected chi connectivity index (χ0v) is 15.8. The first kappa shape index (κ1) is 19.0. The highest BCUT2D eigenvalue weighted by atomic mass is 16.6. The second-order valence-corrected chi connectivity index (χ2v) is 6.78. The Morgan fingerprint density at radius 1 is 1.28 bits per heavy atom. The first-order chi connectivity index (χ1) is 14.2. The molecule has 9 heteroatoms. The van der Waals surface area contributed by atoms with E-state index in [-0.39, 0.29) is 12.0 Å². The van der Waals surface area contributed by atoms with E-state index < -0.39 is 6.61 Å². The number of carbonyl (C=O) groups is 2. The van der Waals surface area contributed by atoms with Crippen molar-refractivity contribution in [3.63, 3.8) is 0 Å². The summed E-state index contributed by atoms with van der Waals surface area (Å²) in [6, 6.07) is 7.56. The maximum absolute atomic E-state index is 12.2. The Bertz CT molecular complexity index is 925. The summed E-state index contributed by atoms with van der Waals surface area (Å²) in [4.78, 5) is 27.2. The van der Waals surface area contributed by atoms with Crippen LogP contribution in [0.5, 0.6) is 0 Å². The first-order valence-corrected chi connectivity index (χ1v) is 9.46. The molecule has 0 radical (unpaired) electrons. The molecule has 4 rings (SSSR count). The summed E-state index contributed by atoms with van der Waals surface area (Å²) in [7, 11) is 0. The monoisotopic (exact) mass is 398 g/mol. The number of carbonyl (C=O) groups excluding carboxylic acids is 2. The minimum atomic E-state index is -0.484. The van der Waals surface area contributed by atoms with Gasteiger partial charge < -0.3 is 24.6 Å². The summed E-state index contributed by atoms with van der Waals surface area (Å²) >= 11 is 0. The number of hydrogen-bond donors (Lipinski definition) is 2. The zero-order valence-electron chi connectivity index (χ0n) is 15.8. The molecule has 29 heavy (non-hydrogen) atoms. The number of aliphatic hydroxyl groups excluding tert-OH is 1. The van der Waals surface area contributed by atoms with E-state index in [9.17, 15) is 9.59 Å². The Morgan fingerprint density at radius 2 is 2.17 bits per heavy atom. The number of amides is 2. The molecule has 152 valence electrons. The number of nitrogens with zero attached hydrogens (tertiary/aromatic N) is 3. The molecular formula is C20H22N4O5. The molecule has 9 nitrogen and oxygen atoms in total. The molecule has 1 fully saturated rings. The van der Waals surface area contributed by atoms with Crippen LogP contribution in [0, 0.1) is 0 Å². The van der Waals surface area contributed by atoms with Gasteiger partial charge in [-0.2, -0.15) is 0 Å². The highest BCUT2D eigenvalue weighted by Gasteiger charge is 2.28. The van der Waals surface area contributed by atoms with Crippen LogP contribution in [0.3, 0.4) is 0 Å². The molecule has 0 spiro atoms. The number of benzene rings is 1. The first-order valence-electron chi connectivity index (χ1n) is 9.46. The molecule has 3 heterocycles. The SMILES string of the molecule is O=C(CO)N1CC=C(c2cccc(N3CCOC3=O)c2CNc2ccon2)CC1. The largest absolute Gasteiger partial charge is 0.447 e. The van der Waals surface area contributed by atoms with Gasteiger partial charge in [-0.05, 0) is 23.6 Å². The van der Waals surface area contributed by atoms with Gasteiger partial charge in [0.15, 0.2) is 5.82 Å². The normalized spacial score (nSPS) is 16.6. The Kier molecular flexibility index (Phi) is 5.48. The third kappa shape index (κ3) is 3.95. The van der Waals surface area contributed by atoms with E-state index >= 15 is 0 Å². The molecule has 1 aromatic carbocycles. The summed E-state index contributed by atoms with van der Waals surface area (Å²) < 4.78 is 10.00. The molecule has 0 unspecified atom stereocenters. The third-order valence-corrected chi connectivity index (χ3v) is 5.13. The Morgan fingerprint density at radius 3 is 2.83 bits per heavy atom. The smallest absolute Gasteiger partial charge is 0.414 e. The summed E-state index contributed by atoms with van der Waals surface area (Å²) in [6.45, 7) is 1.80. The van der Waals surface area contributed by atoms with Crippen molar-refractivity contribution in [2.24, 2.45) is 0 Å². The number of cyclic esters (lactones) is 1. The van der Waals surface area contributed by atoms with Crippen molar-refractivity contribution in [3.8, 4) is 0 Å². The lowest BCUT2D eigenvalue weighted by atomic mass is 9.93. The van der Waals surface area contributed by atoms with Gasteiger partial charge in [0.2, 0.25) is 5.91 Å². The predicted octanol–water partition coefficient (Wildman–Crippen LogP) is 1.85. The number of ether oxygens (including phenoxy) is 1. The Balaban J connectivity index is 1.66. The van der Waals surface area contributed by atoms with Gasteiger partial charge in [-0.1, -0.05) is 23.4 Å². The van der Waals surface area contributed by atoms with Gasteiger partial charge in [0.25, 0.3) is 0 Å². The molecule has 2 aliphatic rings. The van der Waals surface area contributed by atoms with Crippen LogP contribution < -0.4 is 10.2 Å². The number of hydrogen-bond acceptors (Lipinski definition) is 7. The van der Waals surface area contributed by atoms with E-state index in [1.54, 1.807) is 15.9 Å². The number of aliphatic hydroxyl groups is 1. The number of nitrogens with one attached hydrogen (secondary N) is 1. The lowest BCUT2D eigenvalue weighted by Gasteiger charge is -2.28. The van der Waals surface area contributed by atoms with Gasteiger partial charge in [0.05, 0.1) is 12.2 Å². The third-order valence-electron chi connectivity index (χ3n) is 5.13. The number of anilines is 2. The number of aromatic nitrogens is 1. The van der Waals surface area contributed by atoms with Crippen molar-refractivity contribution < 1.29 is 24.0 Å². The molecule has 2 aromatic rings. The van der Waals surface area contributed by atoms with Crippen LogP contribution in [-0.2, 0) is 16.1 Å². The molecule has 0 atom stereocenters. The van der Waals surface area contributed by atoms with Gasteiger partial charge in [0, 0.05) is 31.3 Å². The van der Waals surface area contributed by atoms with Crippen LogP contribution in [-0.4, -0.2) is 60.0 Å². The van der Waals surface area contributed by atoms with Crippen LogP contribution in [0.4, 0.5) is 16.3 Å². The molecule has 0 saturated carbocycles. The summed E-state index contributed by atoms with van der Waals surface area (Å²) in [5.41, 5.74) is 3.84. The van der Waals surface area contributed by atoms with Crippen LogP contribution in [0.1, 0.15) is 17.5 Å². The molecule has 0 aliphatic carbocycles. The zero-order chi connectivity index (χ0) is 20.2. The lowest BCUT2D eigenvalue weighted by Crippen LogP contribution is -2.36. The highest BCUT2D eigenvalue weighted by molar-refractivity contribution is 5.92. The summed E-state index contributed by atoms with van der Waals surface area (Å²) in [5.74, 6) is 0.328. The van der Waals surface area contributed by atoms with E-state index in [1.807, 2.05) is 24.3 Å². The fraction of sp³-hybridized carbons (Fsp3) is 0.350. The van der Waals surface area contributed by atoms with E-state index in [0.717, 1.165) is 22.4 Å². The van der Waals surface area contributed by atoms with Gasteiger partial charge in [0.1, 0.15) is 19.5 Å². The fourth-order valence-corrected chi connectivity index (χ4v) is 3.65. The Labute approximate surface area is 167 Å². The maximum atomic E-state index is 12.2. The molecule has 1 saturated heterocycles. The average molecular weight is 398 g/mol. The Hall–Kier alpha value is -3.33. The van der Waals surface area contributed by atoms with Crippen molar-refractivity contribution in [1.29, 1.82) is 0 Å². The molecule has 2 amide bonds. The predicted molar refractivity (Wildman–Crippen MR) is 105 cm³/mol. The summed E-state index contributed by atoms with van der Waals surface area (Å²) in [5, 5.41) is 16.2. The minimum Gasteiger partial charge on any atom is -0.447 e. The highest BCUT2D eigenvalue weighted by Crippen LogP contribution is 2.33. The van der Waals surface area contributed by atoms with Crippen molar-refractivity contribution in [3.05, 3.63) is 47.7 Å². The second kappa shape index (κ2) is 8.36. The van der Waals surface area contributed by atoms with Gasteiger partial charge in [-0.25, -0.2) is 4.79 Å². The van der Waals surface area contributed by atoms with Gasteiger partial charge in [-0.3, -0.25) is 9.69 Å². The quantitative estimate of drug-likeness (QED) is 0.764. The molecule has 1 aromatic heterocycles. The van der Waals surface area contributed by atoms with E-state index in [2.05, 4.69) is 10.5 Å². The van der Waals surface area contributed by atoms with Crippen molar-refractivity contribution in [1.82, 2.24) is 10.1 Å². The second-order valence-electron chi connectivity index (χ2n) is 6.78. The molecule has 0 bridgehead atoms. The van der Waals surface area contributed by atoms with Crippen molar-refractivity contribution >= 4 is 29.1 Å². The van der Waals surface area contributed by atoms with E-state index in [4.69, 9.17) is 14.4 Å². The van der Waals surface area contributed by atoms with Crippen LogP contribution in [0.25, 0.3) is 5.57 Å². The molecule has 2 aliphatic heterocycles. The molecule has 2 N–H and O–H groups in total. The minimum absolute atomic E-state index is 0.276. The van der Waals surface area contributed by atoms with Crippen molar-refractivity contribution in [2.45, 2.75) is 13.0 Å². The van der Waals surface area contributed by atoms with Gasteiger partial charge in [-0.15, -0.1) is 0 Å². The van der Waals surface area contributed by atoms with Gasteiger partial charge >= 0.3 is 6.09 Å². The fourth-order valence-electron chi connectivity index (χ4n) is 3.65. The maximum Gasteiger partial charge on any atom is 0.414 e. The average Bonchev–Trinajstić information content (AvgIpc) is 3.43. The van der Waals surface area contributed by atoms with Crippen molar-refractivity contribution in [2.75, 3.05) is 43.1 Å². The van der Waals surface area contributed by atoms with Crippen LogP contribution in [0.2, 0.25) is 0 Å². The van der Waals surface area contributed by atoms with E-state index in [1.165, 1.54) is 6.26 Å². The topological polar surface area (TPSA) is 108 Å². The van der Waals surface area contributed by atoms with Crippen LogP contribution >= 0.6 is 0 Å². The number of rotatable bonds is 6. The summed E-state index contributed by atoms with van der Waals surface area (Å²) in [6.07, 6.45) is 3.79. The lowest BCUT2D eigenvalue weighted by molar-refractivity contribution is -0.133. The standard InChI is InChI=1S/C20H22N4O5/c25-13-19(26)23-7-4-14(5-8-23)15-2-1-3-17(24-9-11-28-20(24)27)16(15)12-21-18-6-10-29-22-18/h1-4,6,10,25H,5,7-9,11-13H2,(H,21,22).